The van der Waals surface area contributed by atoms with E-state index in [0.29, 0.717) is 25.6 Å². The van der Waals surface area contributed by atoms with E-state index in [2.05, 4.69) is 25.0 Å². The molecule has 2 heterocycles. The summed E-state index contributed by atoms with van der Waals surface area (Å²) in [6.07, 6.45) is 4.96. The van der Waals surface area contributed by atoms with Gasteiger partial charge in [-0.15, -0.1) is 0 Å². The van der Waals surface area contributed by atoms with Crippen molar-refractivity contribution in [1.82, 2.24) is 5.32 Å². The Bertz CT molecular complexity index is 988. The van der Waals surface area contributed by atoms with Gasteiger partial charge in [0.25, 0.3) is 0 Å². The second-order valence-corrected chi connectivity index (χ2v) is 18.3. The normalized spacial score (nSPS) is 22.8. The number of rotatable bonds is 13. The van der Waals surface area contributed by atoms with Crippen molar-refractivity contribution >= 4 is 20.1 Å². The fraction of sp³-hybridized carbons (Fsp3) is 0.667. The van der Waals surface area contributed by atoms with Gasteiger partial charge in [-0.1, -0.05) is 31.8 Å². The Morgan fingerprint density at radius 2 is 1.88 bits per heavy atom. The molecule has 3 rings (SSSR count). The first-order chi connectivity index (χ1) is 18.7. The van der Waals surface area contributed by atoms with Crippen LogP contribution in [-0.4, -0.2) is 70.2 Å². The van der Waals surface area contributed by atoms with Crippen LogP contribution in [-0.2, 0) is 28.5 Å². The Morgan fingerprint density at radius 3 is 2.45 bits per heavy atom. The Labute approximate surface area is 239 Å². The molecule has 0 spiro atoms. The van der Waals surface area contributed by atoms with Crippen molar-refractivity contribution in [3.63, 3.8) is 0 Å². The van der Waals surface area contributed by atoms with Crippen molar-refractivity contribution in [2.75, 3.05) is 26.4 Å². The summed E-state index contributed by atoms with van der Waals surface area (Å²) in [6.45, 7) is 15.9. The second-order valence-electron chi connectivity index (χ2n) is 12.7. The average Bonchev–Trinajstić information content (AvgIpc) is 3.66. The summed E-state index contributed by atoms with van der Waals surface area (Å²) in [5.41, 5.74) is -0.430. The van der Waals surface area contributed by atoms with Gasteiger partial charge in [0.1, 0.15) is 23.1 Å². The molecule has 1 aromatic carbocycles. The van der Waals surface area contributed by atoms with E-state index in [1.807, 2.05) is 52.0 Å². The first-order valence-electron chi connectivity index (χ1n) is 14.2. The van der Waals surface area contributed by atoms with Gasteiger partial charge in [0, 0.05) is 20.8 Å². The molecule has 0 aromatic heterocycles. The van der Waals surface area contributed by atoms with Crippen LogP contribution in [0.1, 0.15) is 58.6 Å². The molecular formula is C30H47NO8Si. The van der Waals surface area contributed by atoms with Gasteiger partial charge in [-0.05, 0) is 76.8 Å². The number of esters is 1. The number of benzene rings is 1. The molecule has 0 radical (unpaired) electrons. The summed E-state index contributed by atoms with van der Waals surface area (Å²) < 4.78 is 34.3. The van der Waals surface area contributed by atoms with Crippen LogP contribution < -0.4 is 10.1 Å². The van der Waals surface area contributed by atoms with Gasteiger partial charge in [-0.25, -0.2) is 9.59 Å². The van der Waals surface area contributed by atoms with Crippen LogP contribution >= 0.6 is 0 Å². The van der Waals surface area contributed by atoms with Crippen LogP contribution in [0, 0.1) is 0 Å². The minimum atomic E-state index is -1.26. The molecule has 2 aliphatic heterocycles. The molecule has 9 nitrogen and oxygen atoms in total. The zero-order valence-electron chi connectivity index (χ0n) is 25.1. The van der Waals surface area contributed by atoms with Crippen molar-refractivity contribution in [2.24, 2.45) is 0 Å². The van der Waals surface area contributed by atoms with E-state index in [4.69, 9.17) is 28.4 Å². The number of hydrogen-bond donors (Lipinski definition) is 1. The number of carbonyl (C=O) groups is 2. The number of alkyl carbamates (subject to hydrolysis) is 1. The Balaban J connectivity index is 1.58. The third-order valence-corrected chi connectivity index (χ3v) is 8.34. The highest BCUT2D eigenvalue weighted by molar-refractivity contribution is 6.76. The minimum Gasteiger partial charge on any atom is -0.487 e. The molecule has 0 saturated carbocycles. The number of carbonyl (C=O) groups excluding carboxylic acids is 2. The molecule has 0 aliphatic carbocycles. The van der Waals surface area contributed by atoms with E-state index >= 15 is 0 Å². The lowest BCUT2D eigenvalue weighted by molar-refractivity contribution is -0.166. The van der Waals surface area contributed by atoms with Crippen LogP contribution in [0.4, 0.5) is 4.79 Å². The van der Waals surface area contributed by atoms with Gasteiger partial charge in [0.15, 0.2) is 6.29 Å². The largest absolute Gasteiger partial charge is 0.487 e. The third-order valence-electron chi connectivity index (χ3n) is 6.64. The van der Waals surface area contributed by atoms with E-state index in [-0.39, 0.29) is 25.0 Å². The van der Waals surface area contributed by atoms with Crippen LogP contribution in [0.5, 0.6) is 5.75 Å². The minimum absolute atomic E-state index is 0.246. The molecule has 4 atom stereocenters. The van der Waals surface area contributed by atoms with Gasteiger partial charge >= 0.3 is 12.1 Å². The predicted molar refractivity (Wildman–Crippen MR) is 155 cm³/mol. The highest BCUT2D eigenvalue weighted by Crippen LogP contribution is 2.35. The van der Waals surface area contributed by atoms with Crippen LogP contribution in [0.15, 0.2) is 36.4 Å². The van der Waals surface area contributed by atoms with Crippen molar-refractivity contribution in [1.29, 1.82) is 0 Å². The molecule has 1 N–H and O–H groups in total. The maximum absolute atomic E-state index is 12.5. The van der Waals surface area contributed by atoms with Crippen molar-refractivity contribution < 1.29 is 38.0 Å². The predicted octanol–water partition coefficient (Wildman–Crippen LogP) is 5.77. The van der Waals surface area contributed by atoms with Gasteiger partial charge in [0.2, 0.25) is 0 Å². The van der Waals surface area contributed by atoms with Gasteiger partial charge in [-0.2, -0.15) is 0 Å². The molecule has 1 amide bonds. The number of nitrogens with one attached hydrogen (secondary N) is 1. The number of epoxide rings is 1. The molecule has 2 aliphatic rings. The second kappa shape index (κ2) is 14.0. The topological polar surface area (TPSA) is 105 Å². The Hall–Kier alpha value is -2.40. The van der Waals surface area contributed by atoms with E-state index in [1.54, 1.807) is 6.08 Å². The van der Waals surface area contributed by atoms with Gasteiger partial charge in [-0.3, -0.25) is 0 Å². The summed E-state index contributed by atoms with van der Waals surface area (Å²) in [7, 11) is -1.26. The van der Waals surface area contributed by atoms with E-state index in [0.717, 1.165) is 30.9 Å². The zero-order chi connectivity index (χ0) is 29.4. The van der Waals surface area contributed by atoms with Gasteiger partial charge in [0.05, 0.1) is 25.9 Å². The molecule has 2 fully saturated rings. The van der Waals surface area contributed by atoms with Crippen LogP contribution in [0.25, 0.3) is 0 Å². The zero-order valence-corrected chi connectivity index (χ0v) is 26.1. The van der Waals surface area contributed by atoms with Gasteiger partial charge < -0.3 is 33.7 Å². The maximum atomic E-state index is 12.5. The molecule has 2 saturated heterocycles. The van der Waals surface area contributed by atoms with E-state index < -0.39 is 31.4 Å². The standard InChI is InChI=1S/C30H47NO8Si/c1-22(30(21-37-30)16-15-26(32)34-18-19-40(5,6)7)38-24-13-11-23(12-14-24)25(31-28(33)39-29(2,3)4)20-36-27-10-8-9-17-35-27/h11-16,22,25,27H,8-10,17-21H2,1-7H3,(H,31,33)/b16-15+/t22-,25-,27?,30+/m1/s1. The highest BCUT2D eigenvalue weighted by atomic mass is 28.3. The summed E-state index contributed by atoms with van der Waals surface area (Å²) in [4.78, 5) is 24.7. The van der Waals surface area contributed by atoms with Crippen molar-refractivity contribution in [2.45, 2.75) is 102 Å². The molecule has 40 heavy (non-hydrogen) atoms. The first-order valence-corrected chi connectivity index (χ1v) is 17.9. The first kappa shape index (κ1) is 32.1. The lowest BCUT2D eigenvalue weighted by atomic mass is 10.0. The summed E-state index contributed by atoms with van der Waals surface area (Å²) in [5, 5.41) is 2.92. The van der Waals surface area contributed by atoms with E-state index in [9.17, 15) is 9.59 Å². The molecular weight excluding hydrogens is 530 g/mol. The molecule has 224 valence electrons. The quantitative estimate of drug-likeness (QED) is 0.136. The lowest BCUT2D eigenvalue weighted by Gasteiger charge is -2.27. The molecule has 10 heteroatoms. The SMILES string of the molecule is C[C@@H](Oc1ccc([C@@H](COC2CCCCO2)NC(=O)OC(C)(C)C)cc1)[C@]1(/C=C/C(=O)OCC[Si](C)(C)C)CO1. The fourth-order valence-electron chi connectivity index (χ4n) is 4.06. The van der Waals surface area contributed by atoms with E-state index in [1.165, 1.54) is 6.08 Å². The summed E-state index contributed by atoms with van der Waals surface area (Å²) >= 11 is 0. The highest BCUT2D eigenvalue weighted by Gasteiger charge is 2.49. The molecule has 1 aromatic rings. The maximum Gasteiger partial charge on any atom is 0.408 e. The molecule has 1 unspecified atom stereocenters. The fourth-order valence-corrected chi connectivity index (χ4v) is 4.78. The number of hydrogen-bond acceptors (Lipinski definition) is 8. The number of amides is 1. The van der Waals surface area contributed by atoms with Crippen molar-refractivity contribution in [3.8, 4) is 5.75 Å². The monoisotopic (exact) mass is 577 g/mol. The lowest BCUT2D eigenvalue weighted by Crippen LogP contribution is -2.37. The summed E-state index contributed by atoms with van der Waals surface area (Å²) in [5.74, 6) is 0.277. The third kappa shape index (κ3) is 11.2. The van der Waals surface area contributed by atoms with Crippen LogP contribution in [0.2, 0.25) is 25.7 Å². The Kier molecular flexibility index (Phi) is 11.2. The Morgan fingerprint density at radius 1 is 1.18 bits per heavy atom. The van der Waals surface area contributed by atoms with Crippen molar-refractivity contribution in [3.05, 3.63) is 42.0 Å². The molecule has 0 bridgehead atoms. The van der Waals surface area contributed by atoms with Crippen LogP contribution in [0.3, 0.4) is 0 Å². The summed E-state index contributed by atoms with van der Waals surface area (Å²) in [6, 6.07) is 7.97. The average molecular weight is 578 g/mol. The smallest absolute Gasteiger partial charge is 0.408 e. The number of ether oxygens (including phenoxy) is 6.